The van der Waals surface area contributed by atoms with Crippen LogP contribution >= 0.6 is 11.6 Å². The number of amides is 1. The number of carbonyl (C=O) groups is 1. The first-order valence-electron chi connectivity index (χ1n) is 7.18. The lowest BCUT2D eigenvalue weighted by Gasteiger charge is -2.07. The Morgan fingerprint density at radius 2 is 2.04 bits per heavy atom. The second-order valence-electron chi connectivity index (χ2n) is 4.79. The number of nitrogens with zero attached hydrogens (tertiary/aromatic N) is 1. The first kappa shape index (κ1) is 17.4. The molecule has 1 amide bonds. The average Bonchev–Trinajstić information content (AvgIpc) is 2.57. The van der Waals surface area contributed by atoms with Crippen LogP contribution < -0.4 is 10.1 Å². The second-order valence-corrected chi connectivity index (χ2v) is 5.23. The number of nitrogens with one attached hydrogen (secondary N) is 1. The van der Waals surface area contributed by atoms with E-state index >= 15 is 0 Å². The predicted molar refractivity (Wildman–Crippen MR) is 92.9 cm³/mol. The minimum Gasteiger partial charge on any atom is -0.504 e. The van der Waals surface area contributed by atoms with E-state index in [0.717, 1.165) is 0 Å². The molecule has 0 unspecified atom stereocenters. The fraction of sp³-hybridized carbons (Fsp3) is 0.111. The number of hydrogen-bond acceptors (Lipinski definition) is 4. The van der Waals surface area contributed by atoms with E-state index in [9.17, 15) is 15.2 Å². The summed E-state index contributed by atoms with van der Waals surface area (Å²) in [5.74, 6) is -0.245. The van der Waals surface area contributed by atoms with Gasteiger partial charge in [-0.05, 0) is 55.0 Å². The number of nitriles is 1. The van der Waals surface area contributed by atoms with Crippen molar-refractivity contribution in [1.29, 1.82) is 5.26 Å². The number of phenolic OH excluding ortho intramolecular Hbond substituents is 1. The topological polar surface area (TPSA) is 82.3 Å². The highest BCUT2D eigenvalue weighted by atomic mass is 35.5. The summed E-state index contributed by atoms with van der Waals surface area (Å²) in [5.41, 5.74) is 1.03. The van der Waals surface area contributed by atoms with Gasteiger partial charge in [0.15, 0.2) is 11.5 Å². The molecule has 0 spiro atoms. The maximum absolute atomic E-state index is 12.2. The smallest absolute Gasteiger partial charge is 0.266 e. The Kier molecular flexibility index (Phi) is 5.83. The average molecular weight is 343 g/mol. The zero-order chi connectivity index (χ0) is 17.5. The molecule has 0 aliphatic rings. The van der Waals surface area contributed by atoms with Crippen LogP contribution in [0.5, 0.6) is 11.5 Å². The Morgan fingerprint density at radius 1 is 1.33 bits per heavy atom. The van der Waals surface area contributed by atoms with E-state index in [4.69, 9.17) is 16.3 Å². The maximum Gasteiger partial charge on any atom is 0.266 e. The number of ether oxygens (including phenoxy) is 1. The summed E-state index contributed by atoms with van der Waals surface area (Å²) < 4.78 is 5.28. The first-order chi connectivity index (χ1) is 11.5. The van der Waals surface area contributed by atoms with Crippen LogP contribution in [0.15, 0.2) is 48.0 Å². The molecular weight excluding hydrogens is 328 g/mol. The van der Waals surface area contributed by atoms with Crippen LogP contribution in [0.4, 0.5) is 5.69 Å². The van der Waals surface area contributed by atoms with Gasteiger partial charge in [0.1, 0.15) is 11.6 Å². The van der Waals surface area contributed by atoms with E-state index in [1.165, 1.54) is 12.1 Å². The zero-order valence-electron chi connectivity index (χ0n) is 12.9. The Morgan fingerprint density at radius 3 is 2.67 bits per heavy atom. The van der Waals surface area contributed by atoms with Crippen LogP contribution in [-0.4, -0.2) is 17.6 Å². The van der Waals surface area contributed by atoms with E-state index < -0.39 is 5.91 Å². The fourth-order valence-corrected chi connectivity index (χ4v) is 2.06. The van der Waals surface area contributed by atoms with Gasteiger partial charge >= 0.3 is 0 Å². The molecule has 2 rings (SSSR count). The highest BCUT2D eigenvalue weighted by molar-refractivity contribution is 6.30. The fourth-order valence-electron chi connectivity index (χ4n) is 1.94. The van der Waals surface area contributed by atoms with Gasteiger partial charge in [-0.25, -0.2) is 0 Å². The van der Waals surface area contributed by atoms with Gasteiger partial charge in [-0.15, -0.1) is 0 Å². The van der Waals surface area contributed by atoms with Crippen molar-refractivity contribution < 1.29 is 14.6 Å². The van der Waals surface area contributed by atoms with Gasteiger partial charge in [0.25, 0.3) is 5.91 Å². The summed E-state index contributed by atoms with van der Waals surface area (Å²) in [4.78, 5) is 12.2. The molecule has 0 saturated heterocycles. The van der Waals surface area contributed by atoms with Gasteiger partial charge in [0.2, 0.25) is 0 Å². The molecule has 0 aliphatic carbocycles. The molecule has 0 heterocycles. The summed E-state index contributed by atoms with van der Waals surface area (Å²) >= 11 is 5.79. The first-order valence-corrected chi connectivity index (χ1v) is 7.55. The van der Waals surface area contributed by atoms with Gasteiger partial charge in [-0.1, -0.05) is 17.7 Å². The number of benzene rings is 2. The normalized spacial score (nSPS) is 10.8. The summed E-state index contributed by atoms with van der Waals surface area (Å²) in [6.45, 7) is 2.19. The van der Waals surface area contributed by atoms with Crippen molar-refractivity contribution in [3.8, 4) is 17.6 Å². The van der Waals surface area contributed by atoms with Crippen molar-refractivity contribution in [2.24, 2.45) is 0 Å². The number of aromatic hydroxyl groups is 1. The SMILES string of the molecule is CCOc1cc(/C=C(\C#N)C(=O)Nc2ccc(Cl)cc2)ccc1O. The molecule has 0 radical (unpaired) electrons. The van der Waals surface area contributed by atoms with Crippen LogP contribution in [-0.2, 0) is 4.79 Å². The lowest BCUT2D eigenvalue weighted by Crippen LogP contribution is -2.13. The molecule has 6 heteroatoms. The zero-order valence-corrected chi connectivity index (χ0v) is 13.7. The van der Waals surface area contributed by atoms with E-state index in [0.29, 0.717) is 28.6 Å². The molecule has 2 N–H and O–H groups in total. The van der Waals surface area contributed by atoms with E-state index in [-0.39, 0.29) is 11.3 Å². The van der Waals surface area contributed by atoms with Crippen molar-refractivity contribution in [3.63, 3.8) is 0 Å². The molecule has 2 aromatic rings. The second kappa shape index (κ2) is 8.04. The molecule has 0 atom stereocenters. The minimum atomic E-state index is -0.536. The van der Waals surface area contributed by atoms with Crippen LogP contribution in [0.25, 0.3) is 6.08 Å². The van der Waals surface area contributed by atoms with Crippen LogP contribution in [0, 0.1) is 11.3 Å². The van der Waals surface area contributed by atoms with Gasteiger partial charge in [0.05, 0.1) is 6.61 Å². The number of rotatable bonds is 5. The molecule has 0 aromatic heterocycles. The Labute approximate surface area is 144 Å². The lowest BCUT2D eigenvalue weighted by molar-refractivity contribution is -0.112. The monoisotopic (exact) mass is 342 g/mol. The van der Waals surface area contributed by atoms with Crippen molar-refractivity contribution >= 4 is 29.3 Å². The van der Waals surface area contributed by atoms with Crippen molar-refractivity contribution in [2.45, 2.75) is 6.92 Å². The number of carbonyl (C=O) groups excluding carboxylic acids is 1. The predicted octanol–water partition coefficient (Wildman–Crippen LogP) is 3.99. The standard InChI is InChI=1S/C18H15ClN2O3/c1-2-24-17-10-12(3-8-16(17)22)9-13(11-20)18(23)21-15-6-4-14(19)5-7-15/h3-10,22H,2H2,1H3,(H,21,23)/b13-9+. The van der Waals surface area contributed by atoms with E-state index in [2.05, 4.69) is 5.32 Å². The van der Waals surface area contributed by atoms with Gasteiger partial charge < -0.3 is 15.2 Å². The van der Waals surface area contributed by atoms with Gasteiger partial charge in [-0.2, -0.15) is 5.26 Å². The van der Waals surface area contributed by atoms with Gasteiger partial charge in [0, 0.05) is 10.7 Å². The molecule has 0 bridgehead atoms. The summed E-state index contributed by atoms with van der Waals surface area (Å²) in [5, 5.41) is 22.1. The minimum absolute atomic E-state index is 0.00174. The highest BCUT2D eigenvalue weighted by Crippen LogP contribution is 2.27. The van der Waals surface area contributed by atoms with Crippen molar-refractivity contribution in [3.05, 3.63) is 58.6 Å². The Balaban J connectivity index is 2.22. The van der Waals surface area contributed by atoms with Crippen LogP contribution in [0.2, 0.25) is 5.02 Å². The highest BCUT2D eigenvalue weighted by Gasteiger charge is 2.10. The van der Waals surface area contributed by atoms with Crippen LogP contribution in [0.3, 0.4) is 0 Å². The van der Waals surface area contributed by atoms with Crippen molar-refractivity contribution in [2.75, 3.05) is 11.9 Å². The quantitative estimate of drug-likeness (QED) is 0.635. The third-order valence-electron chi connectivity index (χ3n) is 3.06. The number of anilines is 1. The molecule has 2 aromatic carbocycles. The van der Waals surface area contributed by atoms with Crippen LogP contribution in [0.1, 0.15) is 12.5 Å². The molecule has 122 valence electrons. The number of hydrogen-bond donors (Lipinski definition) is 2. The summed E-state index contributed by atoms with van der Waals surface area (Å²) in [6, 6.07) is 13.0. The maximum atomic E-state index is 12.2. The third kappa shape index (κ3) is 4.51. The molecule has 0 aliphatic heterocycles. The third-order valence-corrected chi connectivity index (χ3v) is 3.31. The Hall–Kier alpha value is -2.97. The van der Waals surface area contributed by atoms with Gasteiger partial charge in [-0.3, -0.25) is 4.79 Å². The summed E-state index contributed by atoms with van der Waals surface area (Å²) in [7, 11) is 0. The number of phenols is 1. The largest absolute Gasteiger partial charge is 0.504 e. The molecule has 24 heavy (non-hydrogen) atoms. The summed E-state index contributed by atoms with van der Waals surface area (Å²) in [6.07, 6.45) is 1.42. The van der Waals surface area contributed by atoms with E-state index in [1.54, 1.807) is 43.3 Å². The Bertz CT molecular complexity index is 808. The molecule has 0 saturated carbocycles. The number of halogens is 1. The van der Waals surface area contributed by atoms with Crippen molar-refractivity contribution in [1.82, 2.24) is 0 Å². The molecular formula is C18H15ClN2O3. The van der Waals surface area contributed by atoms with E-state index in [1.807, 2.05) is 6.07 Å². The molecule has 0 fully saturated rings. The molecule has 5 nitrogen and oxygen atoms in total. The lowest BCUT2D eigenvalue weighted by atomic mass is 10.1.